The third kappa shape index (κ3) is 3.00. The van der Waals surface area contributed by atoms with Gasteiger partial charge in [0.2, 0.25) is 0 Å². The van der Waals surface area contributed by atoms with Gasteiger partial charge in [-0.25, -0.2) is 0 Å². The predicted molar refractivity (Wildman–Crippen MR) is 88.4 cm³/mol. The molecule has 1 aliphatic rings. The van der Waals surface area contributed by atoms with Gasteiger partial charge in [-0.2, -0.15) is 0 Å². The summed E-state index contributed by atoms with van der Waals surface area (Å²) in [5, 5.41) is 0. The first-order valence-corrected chi connectivity index (χ1v) is 10.4. The van der Waals surface area contributed by atoms with Crippen molar-refractivity contribution in [2.24, 2.45) is 0 Å². The minimum atomic E-state index is -3.20. The van der Waals surface area contributed by atoms with Crippen molar-refractivity contribution in [3.05, 3.63) is 54.1 Å². The molecule has 0 aromatic heterocycles. The number of rotatable bonds is 3. The SMILES string of the molecule is CC1Cc2cc([Se]c3ccccc3)ccc2N1S(C)(=O)=O. The Kier molecular flexibility index (Phi) is 3.82. The van der Waals surface area contributed by atoms with Crippen LogP contribution in [0.3, 0.4) is 0 Å². The van der Waals surface area contributed by atoms with Gasteiger partial charge in [0.15, 0.2) is 0 Å². The van der Waals surface area contributed by atoms with E-state index in [4.69, 9.17) is 0 Å². The Balaban J connectivity index is 1.92. The molecule has 3 nitrogen and oxygen atoms in total. The number of benzene rings is 2. The van der Waals surface area contributed by atoms with Crippen molar-refractivity contribution in [2.75, 3.05) is 10.6 Å². The van der Waals surface area contributed by atoms with E-state index in [1.807, 2.05) is 19.1 Å². The first-order valence-electron chi connectivity index (χ1n) is 6.80. The van der Waals surface area contributed by atoms with E-state index in [1.54, 1.807) is 4.31 Å². The van der Waals surface area contributed by atoms with Gasteiger partial charge < -0.3 is 0 Å². The number of nitrogens with zero attached hydrogens (tertiary/aromatic N) is 1. The summed E-state index contributed by atoms with van der Waals surface area (Å²) >= 11 is 0.262. The summed E-state index contributed by atoms with van der Waals surface area (Å²) in [6.45, 7) is 1.96. The Hall–Kier alpha value is -1.29. The van der Waals surface area contributed by atoms with Crippen LogP contribution in [0.1, 0.15) is 12.5 Å². The van der Waals surface area contributed by atoms with Gasteiger partial charge in [0, 0.05) is 0 Å². The molecule has 0 spiro atoms. The predicted octanol–water partition coefficient (Wildman–Crippen LogP) is 1.05. The minimum absolute atomic E-state index is 0.00877. The number of hydrogen-bond donors (Lipinski definition) is 0. The van der Waals surface area contributed by atoms with Gasteiger partial charge >= 0.3 is 132 Å². The van der Waals surface area contributed by atoms with Crippen LogP contribution in [0, 0.1) is 0 Å². The summed E-state index contributed by atoms with van der Waals surface area (Å²) in [4.78, 5) is 0. The van der Waals surface area contributed by atoms with E-state index in [2.05, 4.69) is 36.4 Å². The quantitative estimate of drug-likeness (QED) is 0.762. The van der Waals surface area contributed by atoms with Crippen molar-refractivity contribution < 1.29 is 8.42 Å². The van der Waals surface area contributed by atoms with E-state index in [0.717, 1.165) is 17.7 Å². The maximum absolute atomic E-state index is 11.9. The molecule has 2 aromatic rings. The Morgan fingerprint density at radius 3 is 2.48 bits per heavy atom. The molecule has 0 aliphatic carbocycles. The molecule has 1 heterocycles. The average molecular weight is 366 g/mol. The van der Waals surface area contributed by atoms with Crippen LogP contribution in [0.15, 0.2) is 48.5 Å². The van der Waals surface area contributed by atoms with Crippen molar-refractivity contribution in [1.82, 2.24) is 0 Å². The molecule has 110 valence electrons. The topological polar surface area (TPSA) is 37.4 Å². The van der Waals surface area contributed by atoms with Gasteiger partial charge in [-0.05, 0) is 0 Å². The molecule has 0 bridgehead atoms. The van der Waals surface area contributed by atoms with E-state index in [9.17, 15) is 8.42 Å². The summed E-state index contributed by atoms with van der Waals surface area (Å²) in [7, 11) is -3.20. The van der Waals surface area contributed by atoms with Crippen LogP contribution in [0.25, 0.3) is 0 Å². The Labute approximate surface area is 132 Å². The van der Waals surface area contributed by atoms with Crippen LogP contribution in [0.2, 0.25) is 0 Å². The zero-order chi connectivity index (χ0) is 15.0. The fourth-order valence-electron chi connectivity index (χ4n) is 2.77. The molecule has 5 heteroatoms. The van der Waals surface area contributed by atoms with Gasteiger partial charge in [0.05, 0.1) is 0 Å². The maximum atomic E-state index is 11.9. The van der Waals surface area contributed by atoms with Crippen LogP contribution in [-0.4, -0.2) is 35.7 Å². The zero-order valence-corrected chi connectivity index (χ0v) is 14.5. The second-order valence-corrected chi connectivity index (χ2v) is 9.58. The van der Waals surface area contributed by atoms with E-state index >= 15 is 0 Å². The van der Waals surface area contributed by atoms with Crippen molar-refractivity contribution >= 4 is 39.6 Å². The molecule has 2 aromatic carbocycles. The fourth-order valence-corrected chi connectivity index (χ4v) is 5.93. The Morgan fingerprint density at radius 1 is 1.10 bits per heavy atom. The van der Waals surface area contributed by atoms with Crippen molar-refractivity contribution in [1.29, 1.82) is 0 Å². The molecule has 1 aliphatic heterocycles. The standard InChI is InChI=1S/C16H17NO2SSe/c1-12-10-13-11-15(21-14-6-4-3-5-7-14)8-9-16(13)17(12)20(2,18)19/h3-9,11-12H,10H2,1-2H3. The summed E-state index contributed by atoms with van der Waals surface area (Å²) in [5.74, 6) is 0. The zero-order valence-electron chi connectivity index (χ0n) is 12.0. The van der Waals surface area contributed by atoms with Crippen molar-refractivity contribution in [2.45, 2.75) is 19.4 Å². The van der Waals surface area contributed by atoms with Gasteiger partial charge in [0.1, 0.15) is 0 Å². The summed E-state index contributed by atoms with van der Waals surface area (Å²) in [6, 6.07) is 16.6. The molecule has 0 N–H and O–H groups in total. The van der Waals surface area contributed by atoms with Gasteiger partial charge in [-0.3, -0.25) is 0 Å². The number of sulfonamides is 1. The molecule has 3 rings (SSSR count). The summed E-state index contributed by atoms with van der Waals surface area (Å²) in [5.41, 5.74) is 1.99. The summed E-state index contributed by atoms with van der Waals surface area (Å²) < 4.78 is 28.0. The van der Waals surface area contributed by atoms with Crippen LogP contribution < -0.4 is 13.2 Å². The first kappa shape index (κ1) is 14.6. The van der Waals surface area contributed by atoms with E-state index in [-0.39, 0.29) is 21.0 Å². The molecular formula is C16H17NO2SSe. The summed E-state index contributed by atoms with van der Waals surface area (Å²) in [6.07, 6.45) is 2.07. The van der Waals surface area contributed by atoms with E-state index in [0.29, 0.717) is 0 Å². The number of fused-ring (bicyclic) bond motifs is 1. The van der Waals surface area contributed by atoms with Crippen LogP contribution in [-0.2, 0) is 16.4 Å². The average Bonchev–Trinajstić information content (AvgIpc) is 2.74. The Bertz CT molecular complexity index is 759. The van der Waals surface area contributed by atoms with Gasteiger partial charge in [0.25, 0.3) is 0 Å². The monoisotopic (exact) mass is 367 g/mol. The van der Waals surface area contributed by atoms with Crippen molar-refractivity contribution in [3.8, 4) is 0 Å². The Morgan fingerprint density at radius 2 is 1.81 bits per heavy atom. The normalized spacial score (nSPS) is 17.8. The van der Waals surface area contributed by atoms with Gasteiger partial charge in [-0.15, -0.1) is 0 Å². The van der Waals surface area contributed by atoms with Crippen molar-refractivity contribution in [3.63, 3.8) is 0 Å². The molecule has 0 saturated heterocycles. The van der Waals surface area contributed by atoms with Crippen LogP contribution in [0.4, 0.5) is 5.69 Å². The first-order chi connectivity index (χ1) is 9.95. The molecule has 21 heavy (non-hydrogen) atoms. The molecule has 1 atom stereocenters. The second kappa shape index (κ2) is 5.48. The number of hydrogen-bond acceptors (Lipinski definition) is 2. The molecular weight excluding hydrogens is 349 g/mol. The van der Waals surface area contributed by atoms with E-state index < -0.39 is 10.0 Å². The molecule has 0 amide bonds. The van der Waals surface area contributed by atoms with Gasteiger partial charge in [-0.1, -0.05) is 0 Å². The third-order valence-corrected chi connectivity index (χ3v) is 6.90. The fraction of sp³-hybridized carbons (Fsp3) is 0.250. The van der Waals surface area contributed by atoms with Crippen LogP contribution in [0.5, 0.6) is 0 Å². The second-order valence-electron chi connectivity index (χ2n) is 5.32. The third-order valence-electron chi connectivity index (χ3n) is 3.54. The number of anilines is 1. The van der Waals surface area contributed by atoms with Crippen LogP contribution >= 0.6 is 0 Å². The molecule has 0 radical (unpaired) electrons. The van der Waals surface area contributed by atoms with E-state index in [1.165, 1.54) is 15.2 Å². The molecule has 1 unspecified atom stereocenters. The molecule has 0 saturated carbocycles. The molecule has 0 fully saturated rings.